The number of nitrogens with zero attached hydrogens (tertiary/aromatic N) is 1. The second kappa shape index (κ2) is 4.73. The summed E-state index contributed by atoms with van der Waals surface area (Å²) >= 11 is 0. The quantitative estimate of drug-likeness (QED) is 0.659. The minimum Gasteiger partial charge on any atom is -0.330 e. The average molecular weight is 156 g/mol. The van der Waals surface area contributed by atoms with E-state index in [2.05, 4.69) is 11.8 Å². The van der Waals surface area contributed by atoms with Crippen molar-refractivity contribution in [2.75, 3.05) is 26.2 Å². The molecule has 0 amide bonds. The van der Waals surface area contributed by atoms with Gasteiger partial charge in [0.05, 0.1) is 0 Å². The molecule has 1 heterocycles. The summed E-state index contributed by atoms with van der Waals surface area (Å²) < 4.78 is 0. The number of likely N-dealkylation sites (tertiary alicyclic amines) is 1. The standard InChI is InChI=1S/C9H20N2/c1-2-6-11-7-4-9(8-11)3-5-10/h9H,2-8,10H2,1H3/t9-/m1/s1. The van der Waals surface area contributed by atoms with Crippen molar-refractivity contribution in [3.8, 4) is 0 Å². The molecule has 1 aliphatic rings. The molecule has 0 bridgehead atoms. The van der Waals surface area contributed by atoms with Gasteiger partial charge in [-0.15, -0.1) is 0 Å². The van der Waals surface area contributed by atoms with Gasteiger partial charge in [-0.1, -0.05) is 6.92 Å². The third-order valence-corrected chi connectivity index (χ3v) is 2.48. The number of rotatable bonds is 4. The van der Waals surface area contributed by atoms with E-state index in [4.69, 9.17) is 5.73 Å². The topological polar surface area (TPSA) is 29.3 Å². The molecule has 0 aromatic carbocycles. The van der Waals surface area contributed by atoms with E-state index >= 15 is 0 Å². The lowest BCUT2D eigenvalue weighted by Crippen LogP contribution is -2.21. The lowest BCUT2D eigenvalue weighted by Gasteiger charge is -2.13. The third-order valence-electron chi connectivity index (χ3n) is 2.48. The Morgan fingerprint density at radius 1 is 1.55 bits per heavy atom. The fraction of sp³-hybridized carbons (Fsp3) is 1.00. The second-order valence-electron chi connectivity index (χ2n) is 3.53. The number of nitrogens with two attached hydrogens (primary N) is 1. The van der Waals surface area contributed by atoms with Crippen molar-refractivity contribution in [1.82, 2.24) is 4.90 Å². The molecule has 2 N–H and O–H groups in total. The SMILES string of the molecule is CCCN1CC[C@@H](CCN)C1. The first-order chi connectivity index (χ1) is 5.36. The Bertz CT molecular complexity index is 91.7. The van der Waals surface area contributed by atoms with Crippen LogP contribution in [0.3, 0.4) is 0 Å². The van der Waals surface area contributed by atoms with Gasteiger partial charge in [0.15, 0.2) is 0 Å². The van der Waals surface area contributed by atoms with Gasteiger partial charge in [0.1, 0.15) is 0 Å². The van der Waals surface area contributed by atoms with Gasteiger partial charge in [0.2, 0.25) is 0 Å². The maximum absolute atomic E-state index is 5.51. The zero-order valence-corrected chi connectivity index (χ0v) is 7.55. The molecule has 0 unspecified atom stereocenters. The molecule has 66 valence electrons. The van der Waals surface area contributed by atoms with Crippen LogP contribution in [0.4, 0.5) is 0 Å². The predicted octanol–water partition coefficient (Wildman–Crippen LogP) is 1.07. The van der Waals surface area contributed by atoms with E-state index in [0.717, 1.165) is 12.5 Å². The predicted molar refractivity (Wildman–Crippen MR) is 48.5 cm³/mol. The van der Waals surface area contributed by atoms with Crippen LogP contribution in [0.5, 0.6) is 0 Å². The molecule has 1 rings (SSSR count). The van der Waals surface area contributed by atoms with Crippen LogP contribution >= 0.6 is 0 Å². The monoisotopic (exact) mass is 156 g/mol. The normalized spacial score (nSPS) is 26.2. The first-order valence-corrected chi connectivity index (χ1v) is 4.79. The van der Waals surface area contributed by atoms with Crippen molar-refractivity contribution in [2.45, 2.75) is 26.2 Å². The molecule has 0 aliphatic carbocycles. The highest BCUT2D eigenvalue weighted by Crippen LogP contribution is 2.18. The van der Waals surface area contributed by atoms with Crippen LogP contribution in [-0.2, 0) is 0 Å². The van der Waals surface area contributed by atoms with Crippen molar-refractivity contribution in [2.24, 2.45) is 11.7 Å². The van der Waals surface area contributed by atoms with E-state index in [1.165, 1.54) is 38.9 Å². The maximum Gasteiger partial charge on any atom is 0.00106 e. The molecular weight excluding hydrogens is 136 g/mol. The molecule has 0 aromatic rings. The van der Waals surface area contributed by atoms with Gasteiger partial charge in [-0.05, 0) is 44.8 Å². The van der Waals surface area contributed by atoms with Gasteiger partial charge in [-0.25, -0.2) is 0 Å². The highest BCUT2D eigenvalue weighted by Gasteiger charge is 2.20. The molecule has 1 aliphatic heterocycles. The minimum absolute atomic E-state index is 0.866. The molecule has 0 saturated carbocycles. The van der Waals surface area contributed by atoms with Crippen LogP contribution < -0.4 is 5.73 Å². The first-order valence-electron chi connectivity index (χ1n) is 4.79. The van der Waals surface area contributed by atoms with Gasteiger partial charge in [0, 0.05) is 6.54 Å². The van der Waals surface area contributed by atoms with Gasteiger partial charge in [-0.2, -0.15) is 0 Å². The van der Waals surface area contributed by atoms with Crippen LogP contribution in [0.1, 0.15) is 26.2 Å². The minimum atomic E-state index is 0.866. The molecule has 11 heavy (non-hydrogen) atoms. The van der Waals surface area contributed by atoms with E-state index in [0.29, 0.717) is 0 Å². The van der Waals surface area contributed by atoms with E-state index in [-0.39, 0.29) is 0 Å². The number of hydrogen-bond donors (Lipinski definition) is 1. The average Bonchev–Trinajstić information content (AvgIpc) is 2.38. The van der Waals surface area contributed by atoms with Gasteiger partial charge >= 0.3 is 0 Å². The van der Waals surface area contributed by atoms with Gasteiger partial charge < -0.3 is 10.6 Å². The van der Waals surface area contributed by atoms with Crippen molar-refractivity contribution >= 4 is 0 Å². The molecule has 1 fully saturated rings. The maximum atomic E-state index is 5.51. The highest BCUT2D eigenvalue weighted by molar-refractivity contribution is 4.74. The Morgan fingerprint density at radius 2 is 2.36 bits per heavy atom. The molecule has 0 spiro atoms. The van der Waals surface area contributed by atoms with E-state index in [1.807, 2.05) is 0 Å². The molecule has 1 saturated heterocycles. The van der Waals surface area contributed by atoms with Crippen LogP contribution in [0.15, 0.2) is 0 Å². The number of hydrogen-bond acceptors (Lipinski definition) is 2. The summed E-state index contributed by atoms with van der Waals surface area (Å²) in [6.45, 7) is 6.99. The Balaban J connectivity index is 2.12. The molecule has 0 aromatic heterocycles. The zero-order chi connectivity index (χ0) is 8.10. The third kappa shape index (κ3) is 2.80. The molecule has 1 atom stereocenters. The van der Waals surface area contributed by atoms with E-state index in [9.17, 15) is 0 Å². The Hall–Kier alpha value is -0.0800. The Labute approximate surface area is 69.8 Å². The van der Waals surface area contributed by atoms with Crippen molar-refractivity contribution in [1.29, 1.82) is 0 Å². The summed E-state index contributed by atoms with van der Waals surface area (Å²) in [6.07, 6.45) is 3.88. The van der Waals surface area contributed by atoms with Gasteiger partial charge in [-0.3, -0.25) is 0 Å². The molecule has 2 nitrogen and oxygen atoms in total. The Kier molecular flexibility index (Phi) is 3.87. The fourth-order valence-electron chi connectivity index (χ4n) is 1.90. The summed E-state index contributed by atoms with van der Waals surface area (Å²) in [6, 6.07) is 0. The van der Waals surface area contributed by atoms with Crippen LogP contribution in [0.2, 0.25) is 0 Å². The molecule has 0 radical (unpaired) electrons. The summed E-state index contributed by atoms with van der Waals surface area (Å²) in [5.74, 6) is 0.895. The van der Waals surface area contributed by atoms with E-state index < -0.39 is 0 Å². The smallest absolute Gasteiger partial charge is 0.00106 e. The van der Waals surface area contributed by atoms with Crippen molar-refractivity contribution < 1.29 is 0 Å². The lowest BCUT2D eigenvalue weighted by molar-refractivity contribution is 0.322. The van der Waals surface area contributed by atoms with Crippen molar-refractivity contribution in [3.05, 3.63) is 0 Å². The van der Waals surface area contributed by atoms with Gasteiger partial charge in [0.25, 0.3) is 0 Å². The second-order valence-corrected chi connectivity index (χ2v) is 3.53. The van der Waals surface area contributed by atoms with Crippen LogP contribution in [0.25, 0.3) is 0 Å². The van der Waals surface area contributed by atoms with Crippen LogP contribution in [0, 0.1) is 5.92 Å². The Morgan fingerprint density at radius 3 is 3.00 bits per heavy atom. The zero-order valence-electron chi connectivity index (χ0n) is 7.55. The van der Waals surface area contributed by atoms with Crippen LogP contribution in [-0.4, -0.2) is 31.1 Å². The fourth-order valence-corrected chi connectivity index (χ4v) is 1.90. The largest absolute Gasteiger partial charge is 0.330 e. The summed E-state index contributed by atoms with van der Waals surface area (Å²) in [5, 5.41) is 0. The summed E-state index contributed by atoms with van der Waals surface area (Å²) in [7, 11) is 0. The van der Waals surface area contributed by atoms with E-state index in [1.54, 1.807) is 0 Å². The first kappa shape index (κ1) is 9.01. The highest BCUT2D eigenvalue weighted by atomic mass is 15.1. The lowest BCUT2D eigenvalue weighted by atomic mass is 10.1. The van der Waals surface area contributed by atoms with Crippen molar-refractivity contribution in [3.63, 3.8) is 0 Å². The summed E-state index contributed by atoms with van der Waals surface area (Å²) in [5.41, 5.74) is 5.51. The molecule has 2 heteroatoms. The molecular formula is C9H20N2. The summed E-state index contributed by atoms with van der Waals surface area (Å²) in [4.78, 5) is 2.56.